The van der Waals surface area contributed by atoms with Crippen LogP contribution in [0.4, 0.5) is 0 Å². The van der Waals surface area contributed by atoms with Crippen LogP contribution in [0.25, 0.3) is 0 Å². The summed E-state index contributed by atoms with van der Waals surface area (Å²) in [7, 11) is 0. The van der Waals surface area contributed by atoms with Gasteiger partial charge in [0.2, 0.25) is 0 Å². The van der Waals surface area contributed by atoms with E-state index in [1.165, 1.54) is 102 Å². The highest BCUT2D eigenvalue weighted by Crippen LogP contribution is 2.73. The second-order valence-electron chi connectivity index (χ2n) is 26.2. The van der Waals surface area contributed by atoms with E-state index in [1.807, 2.05) is 11.1 Å². The Balaban J connectivity index is 0.000000156. The smallest absolute Gasteiger partial charge is 0.171 e. The minimum atomic E-state index is -0.303. The summed E-state index contributed by atoms with van der Waals surface area (Å²) in [5, 5.41) is 21.1. The van der Waals surface area contributed by atoms with Gasteiger partial charge in [-0.15, -0.1) is 0 Å². The van der Waals surface area contributed by atoms with Crippen LogP contribution in [-0.4, -0.2) is 40.9 Å². The number of fused-ring (bicyclic) bond motifs is 11. The van der Waals surface area contributed by atoms with Gasteiger partial charge in [-0.25, -0.2) is 0 Å². The number of aliphatic hydroxyl groups excluding tert-OH is 2. The predicted molar refractivity (Wildman–Crippen MR) is 251 cm³/mol. The fourth-order valence-corrected chi connectivity index (χ4v) is 19.0. The largest absolute Gasteiger partial charge is 0.393 e. The maximum atomic E-state index is 10.8. The molecule has 2 heterocycles. The molecule has 61 heavy (non-hydrogen) atoms. The van der Waals surface area contributed by atoms with E-state index >= 15 is 0 Å². The first-order valence-corrected chi connectivity index (χ1v) is 26.4. The molecular weight excluding hydrogens is 749 g/mol. The number of hydrogen-bond acceptors (Lipinski definition) is 4. The Labute approximate surface area is 374 Å². The lowest BCUT2D eigenvalue weighted by Gasteiger charge is -2.62. The van der Waals surface area contributed by atoms with Crippen molar-refractivity contribution in [3.8, 4) is 0 Å². The number of ether oxygens (including phenoxy) is 2. The van der Waals surface area contributed by atoms with Crippen molar-refractivity contribution in [3.05, 3.63) is 34.4 Å². The monoisotopic (exact) mass is 841 g/mol. The molecule has 10 aliphatic rings. The summed E-state index contributed by atoms with van der Waals surface area (Å²) in [6, 6.07) is 0. The average Bonchev–Trinajstić information content (AvgIpc) is 3.77. The predicted octanol–water partition coefficient (Wildman–Crippen LogP) is 14.2. The van der Waals surface area contributed by atoms with Crippen LogP contribution < -0.4 is 0 Å². The zero-order valence-corrected chi connectivity index (χ0v) is 41.4. The first-order chi connectivity index (χ1) is 28.6. The highest BCUT2D eigenvalue weighted by atomic mass is 16.7. The lowest BCUT2D eigenvalue weighted by Crippen LogP contribution is -2.55. The summed E-state index contributed by atoms with van der Waals surface area (Å²) >= 11 is 0. The highest BCUT2D eigenvalue weighted by Gasteiger charge is 2.68. The minimum absolute atomic E-state index is 0.0465. The van der Waals surface area contributed by atoms with Crippen molar-refractivity contribution >= 4 is 0 Å². The van der Waals surface area contributed by atoms with Crippen molar-refractivity contribution < 1.29 is 19.7 Å². The Kier molecular flexibility index (Phi) is 11.5. The third kappa shape index (κ3) is 6.73. The van der Waals surface area contributed by atoms with E-state index in [9.17, 15) is 10.2 Å². The lowest BCUT2D eigenvalue weighted by molar-refractivity contribution is -0.272. The molecule has 0 radical (unpaired) electrons. The fourth-order valence-electron chi connectivity index (χ4n) is 19.0. The van der Waals surface area contributed by atoms with Crippen LogP contribution in [0.5, 0.6) is 0 Å². The van der Waals surface area contributed by atoms with Gasteiger partial charge >= 0.3 is 0 Å². The number of aliphatic hydroxyl groups is 2. The molecule has 0 aromatic heterocycles. The van der Waals surface area contributed by atoms with Gasteiger partial charge in [-0.1, -0.05) is 104 Å². The molecule has 8 aliphatic carbocycles. The molecular formula is C57H92O4. The van der Waals surface area contributed by atoms with Crippen molar-refractivity contribution in [2.24, 2.45) is 85.8 Å². The molecule has 2 saturated heterocycles. The van der Waals surface area contributed by atoms with E-state index in [2.05, 4.69) is 95.2 Å². The molecule has 2 N–H and O–H groups in total. The van der Waals surface area contributed by atoms with Crippen molar-refractivity contribution in [1.29, 1.82) is 0 Å². The van der Waals surface area contributed by atoms with Crippen LogP contribution in [0, 0.1) is 85.8 Å². The maximum Gasteiger partial charge on any atom is 0.171 e. The average molecular weight is 841 g/mol. The van der Waals surface area contributed by atoms with Gasteiger partial charge in [0.05, 0.1) is 24.9 Å². The SMILES string of the molecule is CC(C)=CCCC(C)C1CCC2(C)C3=C(CCC12C)C1(C)CCC(O)C(C)(C)C1CC3.CC1CCC2(OC1)OC1CC3C4CCC5CC(O)CCC5(C)C4=CCC3(C)C1C2C. The van der Waals surface area contributed by atoms with Crippen LogP contribution in [-0.2, 0) is 9.47 Å². The van der Waals surface area contributed by atoms with Gasteiger partial charge in [0, 0.05) is 12.3 Å². The van der Waals surface area contributed by atoms with Gasteiger partial charge in [-0.05, 0) is 209 Å². The summed E-state index contributed by atoms with van der Waals surface area (Å²) in [6.07, 6.45) is 28.8. The van der Waals surface area contributed by atoms with Crippen molar-refractivity contribution in [2.75, 3.05) is 6.61 Å². The lowest BCUT2D eigenvalue weighted by atomic mass is 9.43. The van der Waals surface area contributed by atoms with Crippen molar-refractivity contribution in [3.63, 3.8) is 0 Å². The zero-order chi connectivity index (χ0) is 43.7. The normalized spacial score (nSPS) is 52.2. The minimum Gasteiger partial charge on any atom is -0.393 e. The van der Waals surface area contributed by atoms with Crippen molar-refractivity contribution in [2.45, 2.75) is 229 Å². The van der Waals surface area contributed by atoms with Gasteiger partial charge in [0.1, 0.15) is 0 Å². The van der Waals surface area contributed by atoms with Crippen molar-refractivity contribution in [1.82, 2.24) is 0 Å². The molecule has 344 valence electrons. The van der Waals surface area contributed by atoms with Gasteiger partial charge in [-0.2, -0.15) is 0 Å². The quantitative estimate of drug-likeness (QED) is 0.277. The Morgan fingerprint density at radius 1 is 0.820 bits per heavy atom. The van der Waals surface area contributed by atoms with Crippen LogP contribution in [0.1, 0.15) is 205 Å². The van der Waals surface area contributed by atoms with Gasteiger partial charge in [0.15, 0.2) is 5.79 Å². The topological polar surface area (TPSA) is 58.9 Å². The molecule has 0 bridgehead atoms. The Morgan fingerprint density at radius 2 is 1.57 bits per heavy atom. The van der Waals surface area contributed by atoms with Gasteiger partial charge in [0.25, 0.3) is 0 Å². The third-order valence-electron chi connectivity index (χ3n) is 22.9. The molecule has 0 aromatic rings. The van der Waals surface area contributed by atoms with Crippen LogP contribution >= 0.6 is 0 Å². The number of hydrogen-bond donors (Lipinski definition) is 2. The van der Waals surface area contributed by atoms with Gasteiger partial charge in [-0.3, -0.25) is 0 Å². The molecule has 0 aromatic carbocycles. The van der Waals surface area contributed by atoms with E-state index in [1.54, 1.807) is 5.57 Å². The second kappa shape index (κ2) is 15.6. The molecule has 1 spiro atoms. The third-order valence-corrected chi connectivity index (χ3v) is 22.9. The first-order valence-electron chi connectivity index (χ1n) is 26.4. The molecule has 0 amide bonds. The molecule has 4 nitrogen and oxygen atoms in total. The Hall–Kier alpha value is -0.940. The maximum absolute atomic E-state index is 10.8. The van der Waals surface area contributed by atoms with E-state index in [-0.39, 0.29) is 23.4 Å². The molecule has 4 heteroatoms. The number of allylic oxidation sites excluding steroid dienone is 6. The zero-order valence-electron chi connectivity index (χ0n) is 41.4. The van der Waals surface area contributed by atoms with E-state index < -0.39 is 0 Å². The highest BCUT2D eigenvalue weighted by molar-refractivity contribution is 5.39. The molecule has 7 fully saturated rings. The Morgan fingerprint density at radius 3 is 2.30 bits per heavy atom. The van der Waals surface area contributed by atoms with E-state index in [4.69, 9.17) is 9.47 Å². The molecule has 18 atom stereocenters. The van der Waals surface area contributed by atoms with Gasteiger partial charge < -0.3 is 19.7 Å². The van der Waals surface area contributed by atoms with E-state index in [0.29, 0.717) is 62.8 Å². The fraction of sp³-hybridized carbons (Fsp3) is 0.895. The Bertz CT molecular complexity index is 1760. The van der Waals surface area contributed by atoms with E-state index in [0.717, 1.165) is 56.0 Å². The summed E-state index contributed by atoms with van der Waals surface area (Å²) in [5.74, 6) is 6.00. The second-order valence-corrected chi connectivity index (χ2v) is 26.2. The number of rotatable bonds is 4. The standard InChI is InChI=1S/C30H50O.C27H42O3/c1-20(2)10-9-11-21(3)22-14-18-30(8)24-12-13-25-27(4,5)26(31)16-17-28(25,6)23(24)15-19-29(22,30)7;1-16-7-12-27(29-15-16)17(2)24-23(30-27)14-22-20-6-5-18-13-19(28)8-10-25(18,3)21(20)9-11-26(22,24)4/h10,21-22,25-26,31H,9,11-19H2,1-8H3;9,16-20,22-24,28H,5-8,10-15H2,1-4H3. The summed E-state index contributed by atoms with van der Waals surface area (Å²) in [5.41, 5.74) is 8.87. The summed E-state index contributed by atoms with van der Waals surface area (Å²) in [6.45, 7) is 30.4. The molecule has 5 saturated carbocycles. The van der Waals surface area contributed by atoms with Crippen LogP contribution in [0.3, 0.4) is 0 Å². The molecule has 10 rings (SSSR count). The van der Waals surface area contributed by atoms with Crippen LogP contribution in [0.2, 0.25) is 0 Å². The van der Waals surface area contributed by atoms with Crippen LogP contribution in [0.15, 0.2) is 34.4 Å². The molecule has 18 unspecified atom stereocenters. The summed E-state index contributed by atoms with van der Waals surface area (Å²) in [4.78, 5) is 0. The first kappa shape index (κ1) is 45.2. The summed E-state index contributed by atoms with van der Waals surface area (Å²) < 4.78 is 13.3. The molecule has 2 aliphatic heterocycles.